The Balaban J connectivity index is 2.11. The van der Waals surface area contributed by atoms with E-state index in [-0.39, 0.29) is 36.8 Å². The van der Waals surface area contributed by atoms with Crippen LogP contribution in [0.4, 0.5) is 4.79 Å². The lowest BCUT2D eigenvalue weighted by atomic mass is 9.83. The number of amides is 2. The Labute approximate surface area is 188 Å². The average Bonchev–Trinajstić information content (AvgIpc) is 2.58. The predicted octanol–water partition coefficient (Wildman–Crippen LogP) is 4.84. The van der Waals surface area contributed by atoms with Gasteiger partial charge in [0.1, 0.15) is 11.5 Å². The summed E-state index contributed by atoms with van der Waals surface area (Å²) in [6, 6.07) is 9.25. The van der Waals surface area contributed by atoms with E-state index in [0.29, 0.717) is 11.4 Å². The number of carbonyl (C=O) groups is 2. The van der Waals surface area contributed by atoms with E-state index in [9.17, 15) is 14.9 Å². The molecule has 0 aromatic heterocycles. The molecule has 0 unspecified atom stereocenters. The molecular formula is C22H29Cl2N3O3. The standard InChI is InChI=1S/C22H29Cl2N3O3/c1-20(2,3)12-21(4,5)30-19(29)26-14-22(13-25,15-26)27(18(28)10-23)11-16-6-8-17(24)9-7-16/h6-9H,10-12,14-15H2,1-5H3. The second-order valence-electron chi connectivity index (χ2n) is 9.60. The molecule has 1 aromatic carbocycles. The van der Waals surface area contributed by atoms with Crippen molar-refractivity contribution in [2.75, 3.05) is 19.0 Å². The molecule has 0 spiro atoms. The second kappa shape index (κ2) is 9.03. The molecule has 2 rings (SSSR count). The summed E-state index contributed by atoms with van der Waals surface area (Å²) in [5.41, 5.74) is -0.967. The van der Waals surface area contributed by atoms with Gasteiger partial charge in [-0.1, -0.05) is 44.5 Å². The van der Waals surface area contributed by atoms with Gasteiger partial charge in [-0.15, -0.1) is 11.6 Å². The van der Waals surface area contributed by atoms with Gasteiger partial charge in [-0.05, 0) is 43.4 Å². The Morgan fingerprint density at radius 1 is 1.20 bits per heavy atom. The molecule has 1 heterocycles. The lowest BCUT2D eigenvalue weighted by Crippen LogP contribution is -2.71. The summed E-state index contributed by atoms with van der Waals surface area (Å²) in [7, 11) is 0. The molecule has 0 radical (unpaired) electrons. The summed E-state index contributed by atoms with van der Waals surface area (Å²) < 4.78 is 5.69. The van der Waals surface area contributed by atoms with Crippen molar-refractivity contribution in [2.45, 2.75) is 58.7 Å². The minimum absolute atomic E-state index is 0.00269. The Morgan fingerprint density at radius 3 is 2.23 bits per heavy atom. The molecular weight excluding hydrogens is 425 g/mol. The minimum Gasteiger partial charge on any atom is -0.443 e. The Hall–Kier alpha value is -1.97. The van der Waals surface area contributed by atoms with Crippen molar-refractivity contribution < 1.29 is 14.3 Å². The summed E-state index contributed by atoms with van der Waals surface area (Å²) in [5, 5.41) is 10.5. The van der Waals surface area contributed by atoms with Gasteiger partial charge in [0.2, 0.25) is 5.91 Å². The molecule has 1 aliphatic rings. The van der Waals surface area contributed by atoms with Crippen LogP contribution in [0.15, 0.2) is 24.3 Å². The third kappa shape index (κ3) is 6.02. The van der Waals surface area contributed by atoms with E-state index in [0.717, 1.165) is 5.56 Å². The first kappa shape index (κ1) is 24.3. The van der Waals surface area contributed by atoms with E-state index < -0.39 is 17.2 Å². The monoisotopic (exact) mass is 453 g/mol. The molecule has 164 valence electrons. The zero-order valence-electron chi connectivity index (χ0n) is 18.2. The number of nitrogens with zero attached hydrogens (tertiary/aromatic N) is 3. The zero-order valence-corrected chi connectivity index (χ0v) is 19.7. The molecule has 0 aliphatic carbocycles. The van der Waals surface area contributed by atoms with Crippen molar-refractivity contribution in [1.82, 2.24) is 9.80 Å². The number of nitriles is 1. The van der Waals surface area contributed by atoms with Crippen molar-refractivity contribution in [2.24, 2.45) is 5.41 Å². The van der Waals surface area contributed by atoms with Crippen molar-refractivity contribution in [3.8, 4) is 6.07 Å². The van der Waals surface area contributed by atoms with Gasteiger partial charge in [0.05, 0.1) is 19.2 Å². The van der Waals surface area contributed by atoms with Crippen LogP contribution in [0.1, 0.15) is 46.6 Å². The second-order valence-corrected chi connectivity index (χ2v) is 10.3. The molecule has 1 aromatic rings. The third-order valence-electron chi connectivity index (χ3n) is 4.88. The molecule has 1 fully saturated rings. The smallest absolute Gasteiger partial charge is 0.410 e. The Bertz CT molecular complexity index is 820. The summed E-state index contributed by atoms with van der Waals surface area (Å²) in [4.78, 5) is 28.1. The van der Waals surface area contributed by atoms with E-state index in [1.165, 1.54) is 9.80 Å². The Morgan fingerprint density at radius 2 is 1.77 bits per heavy atom. The van der Waals surface area contributed by atoms with Crippen LogP contribution in [0, 0.1) is 16.7 Å². The van der Waals surface area contributed by atoms with Crippen LogP contribution in [0.5, 0.6) is 0 Å². The summed E-state index contributed by atoms with van der Waals surface area (Å²) in [6.45, 7) is 10.3. The van der Waals surface area contributed by atoms with Gasteiger partial charge in [0, 0.05) is 11.6 Å². The molecule has 1 saturated heterocycles. The van der Waals surface area contributed by atoms with E-state index in [1.807, 2.05) is 13.8 Å². The van der Waals surface area contributed by atoms with Gasteiger partial charge in [-0.25, -0.2) is 4.79 Å². The number of carbonyl (C=O) groups excluding carboxylic acids is 2. The molecule has 0 N–H and O–H groups in total. The minimum atomic E-state index is -1.14. The normalized spacial score (nSPS) is 15.7. The van der Waals surface area contributed by atoms with Crippen molar-refractivity contribution in [1.29, 1.82) is 5.26 Å². The fourth-order valence-electron chi connectivity index (χ4n) is 3.95. The van der Waals surface area contributed by atoms with Gasteiger partial charge in [-0.3, -0.25) is 4.79 Å². The Kier molecular flexibility index (Phi) is 7.32. The number of halogens is 2. The van der Waals surface area contributed by atoms with Crippen LogP contribution in [0.25, 0.3) is 0 Å². The average molecular weight is 454 g/mol. The summed E-state index contributed by atoms with van der Waals surface area (Å²) >= 11 is 11.7. The van der Waals surface area contributed by atoms with Crippen LogP contribution in [0.3, 0.4) is 0 Å². The molecule has 0 bridgehead atoms. The highest BCUT2D eigenvalue weighted by atomic mass is 35.5. The number of rotatable bonds is 6. The molecule has 2 amide bonds. The molecule has 0 atom stereocenters. The number of hydrogen-bond acceptors (Lipinski definition) is 4. The topological polar surface area (TPSA) is 73.6 Å². The van der Waals surface area contributed by atoms with Gasteiger partial charge in [0.15, 0.2) is 5.54 Å². The van der Waals surface area contributed by atoms with Gasteiger partial charge in [-0.2, -0.15) is 5.26 Å². The van der Waals surface area contributed by atoms with E-state index in [1.54, 1.807) is 24.3 Å². The summed E-state index contributed by atoms with van der Waals surface area (Å²) in [5.74, 6) is -0.616. The van der Waals surface area contributed by atoms with Crippen molar-refractivity contribution in [3.05, 3.63) is 34.9 Å². The number of benzene rings is 1. The number of likely N-dealkylation sites (tertiary alicyclic amines) is 1. The first-order valence-electron chi connectivity index (χ1n) is 9.81. The number of ether oxygens (including phenoxy) is 1. The maximum atomic E-state index is 12.6. The number of alkyl halides is 1. The lowest BCUT2D eigenvalue weighted by molar-refractivity contribution is -0.140. The maximum absolute atomic E-state index is 12.6. The fraction of sp³-hybridized carbons (Fsp3) is 0.591. The predicted molar refractivity (Wildman–Crippen MR) is 117 cm³/mol. The van der Waals surface area contributed by atoms with Gasteiger partial charge >= 0.3 is 6.09 Å². The van der Waals surface area contributed by atoms with Gasteiger partial charge < -0.3 is 14.5 Å². The first-order chi connectivity index (χ1) is 13.8. The fourth-order valence-corrected chi connectivity index (χ4v) is 4.22. The molecule has 0 saturated carbocycles. The first-order valence-corrected chi connectivity index (χ1v) is 10.7. The van der Waals surface area contributed by atoms with E-state index in [4.69, 9.17) is 27.9 Å². The molecule has 1 aliphatic heterocycles. The summed E-state index contributed by atoms with van der Waals surface area (Å²) in [6.07, 6.45) is 0.205. The molecule has 8 heteroatoms. The SMILES string of the molecule is CC(C)(C)CC(C)(C)OC(=O)N1CC(C#N)(N(Cc2ccc(Cl)cc2)C(=O)CCl)C1. The lowest BCUT2D eigenvalue weighted by Gasteiger charge is -2.51. The quantitative estimate of drug-likeness (QED) is 0.577. The van der Waals surface area contributed by atoms with E-state index >= 15 is 0 Å². The molecule has 30 heavy (non-hydrogen) atoms. The zero-order chi connectivity index (χ0) is 22.7. The van der Waals surface area contributed by atoms with Crippen LogP contribution in [-0.4, -0.2) is 51.9 Å². The van der Waals surface area contributed by atoms with E-state index in [2.05, 4.69) is 26.8 Å². The third-order valence-corrected chi connectivity index (χ3v) is 5.36. The van der Waals surface area contributed by atoms with Crippen LogP contribution < -0.4 is 0 Å². The largest absolute Gasteiger partial charge is 0.443 e. The highest BCUT2D eigenvalue weighted by Crippen LogP contribution is 2.34. The molecule has 6 nitrogen and oxygen atoms in total. The van der Waals surface area contributed by atoms with Gasteiger partial charge in [0.25, 0.3) is 0 Å². The van der Waals surface area contributed by atoms with Crippen molar-refractivity contribution in [3.63, 3.8) is 0 Å². The van der Waals surface area contributed by atoms with Crippen LogP contribution in [0.2, 0.25) is 5.02 Å². The maximum Gasteiger partial charge on any atom is 0.410 e. The highest BCUT2D eigenvalue weighted by molar-refractivity contribution is 6.30. The number of hydrogen-bond donors (Lipinski definition) is 0. The van der Waals surface area contributed by atoms with Crippen molar-refractivity contribution >= 4 is 35.2 Å². The van der Waals surface area contributed by atoms with Crippen LogP contribution >= 0.6 is 23.2 Å². The highest BCUT2D eigenvalue weighted by Gasteiger charge is 2.53. The van der Waals surface area contributed by atoms with Crippen LogP contribution in [-0.2, 0) is 16.1 Å².